The lowest BCUT2D eigenvalue weighted by atomic mass is 10.2. The van der Waals surface area contributed by atoms with Gasteiger partial charge >= 0.3 is 0 Å². The highest BCUT2D eigenvalue weighted by atomic mass is 16.1. The van der Waals surface area contributed by atoms with E-state index in [0.717, 1.165) is 12.8 Å². The Morgan fingerprint density at radius 2 is 2.21 bits per heavy atom. The predicted octanol–water partition coefficient (Wildman–Crippen LogP) is 1.78. The third-order valence-electron chi connectivity index (χ3n) is 2.88. The molecule has 0 aliphatic heterocycles. The fourth-order valence-corrected chi connectivity index (χ4v) is 2.08. The van der Waals surface area contributed by atoms with Gasteiger partial charge in [0, 0.05) is 0 Å². The molecule has 1 fully saturated rings. The topological polar surface area (TPSA) is 60.9 Å². The summed E-state index contributed by atoms with van der Waals surface area (Å²) in [6.07, 6.45) is 6.31. The average molecular weight is 193 g/mol. The quantitative estimate of drug-likeness (QED) is 0.728. The number of carbonyl (C=O) groups is 1. The third-order valence-corrected chi connectivity index (χ3v) is 2.88. The van der Waals surface area contributed by atoms with Crippen molar-refractivity contribution >= 4 is 11.6 Å². The minimum atomic E-state index is -0.00764. The van der Waals surface area contributed by atoms with Gasteiger partial charge in [-0.3, -0.25) is 4.79 Å². The van der Waals surface area contributed by atoms with Gasteiger partial charge in [-0.15, -0.1) is 0 Å². The Bertz CT molecular complexity index is 350. The first-order chi connectivity index (χ1) is 6.70. The van der Waals surface area contributed by atoms with Crippen LogP contribution in [0.1, 0.15) is 49.0 Å². The van der Waals surface area contributed by atoms with E-state index in [2.05, 4.69) is 5.10 Å². The predicted molar refractivity (Wildman–Crippen MR) is 54.1 cm³/mol. The Hall–Kier alpha value is -1.32. The number of nitrogen functional groups attached to an aromatic ring is 1. The van der Waals surface area contributed by atoms with Gasteiger partial charge in [0.25, 0.3) is 0 Å². The van der Waals surface area contributed by atoms with Crippen LogP contribution in [-0.2, 0) is 0 Å². The minimum Gasteiger partial charge on any atom is -0.383 e. The second-order valence-electron chi connectivity index (χ2n) is 3.88. The number of carbonyl (C=O) groups excluding carboxylic acids is 1. The minimum absolute atomic E-state index is 0.00764. The van der Waals surface area contributed by atoms with E-state index < -0.39 is 0 Å². The molecule has 0 atom stereocenters. The number of ketones is 1. The van der Waals surface area contributed by atoms with E-state index in [0.29, 0.717) is 17.4 Å². The Labute approximate surface area is 83.1 Å². The Kier molecular flexibility index (Phi) is 2.27. The molecular formula is C10H15N3O. The van der Waals surface area contributed by atoms with Gasteiger partial charge in [-0.25, -0.2) is 4.68 Å². The molecule has 1 saturated carbocycles. The summed E-state index contributed by atoms with van der Waals surface area (Å²) in [4.78, 5) is 11.2. The lowest BCUT2D eigenvalue weighted by Gasteiger charge is -2.11. The Morgan fingerprint density at radius 1 is 1.57 bits per heavy atom. The van der Waals surface area contributed by atoms with Crippen LogP contribution >= 0.6 is 0 Å². The van der Waals surface area contributed by atoms with Gasteiger partial charge in [-0.05, 0) is 19.8 Å². The number of Topliss-reactive ketones (excluding diaryl/α,β-unsaturated/α-hetero) is 1. The second-order valence-corrected chi connectivity index (χ2v) is 3.88. The maximum atomic E-state index is 11.2. The number of nitrogens with zero attached hydrogens (tertiary/aromatic N) is 2. The van der Waals surface area contributed by atoms with E-state index in [9.17, 15) is 4.79 Å². The van der Waals surface area contributed by atoms with E-state index in [1.54, 1.807) is 6.20 Å². The first kappa shape index (κ1) is 9.24. The third kappa shape index (κ3) is 1.41. The van der Waals surface area contributed by atoms with Crippen LogP contribution in [-0.4, -0.2) is 15.6 Å². The standard InChI is InChI=1S/C10H15N3O/c1-7(14)9-6-12-13(10(9)11)8-4-2-3-5-8/h6,8H,2-5,11H2,1H3. The van der Waals surface area contributed by atoms with Gasteiger partial charge < -0.3 is 5.73 Å². The zero-order chi connectivity index (χ0) is 10.1. The van der Waals surface area contributed by atoms with Gasteiger partial charge in [0.2, 0.25) is 0 Å². The van der Waals surface area contributed by atoms with Gasteiger partial charge in [-0.2, -0.15) is 5.10 Å². The van der Waals surface area contributed by atoms with Crippen molar-refractivity contribution in [1.82, 2.24) is 9.78 Å². The van der Waals surface area contributed by atoms with Crippen LogP contribution in [0.3, 0.4) is 0 Å². The van der Waals surface area contributed by atoms with Crippen LogP contribution in [0.15, 0.2) is 6.20 Å². The summed E-state index contributed by atoms with van der Waals surface area (Å²) in [6.45, 7) is 1.52. The van der Waals surface area contributed by atoms with Gasteiger partial charge in [0.1, 0.15) is 5.82 Å². The summed E-state index contributed by atoms with van der Waals surface area (Å²) in [5.41, 5.74) is 6.42. The lowest BCUT2D eigenvalue weighted by Crippen LogP contribution is -2.11. The van der Waals surface area contributed by atoms with E-state index >= 15 is 0 Å². The number of nitrogens with two attached hydrogens (primary N) is 1. The Morgan fingerprint density at radius 3 is 2.71 bits per heavy atom. The van der Waals surface area contributed by atoms with Crippen LogP contribution in [0.25, 0.3) is 0 Å². The molecule has 0 radical (unpaired) electrons. The number of hydrogen-bond acceptors (Lipinski definition) is 3. The molecule has 0 amide bonds. The largest absolute Gasteiger partial charge is 0.383 e. The maximum Gasteiger partial charge on any atom is 0.165 e. The molecule has 4 heteroatoms. The fraction of sp³-hybridized carbons (Fsp3) is 0.600. The van der Waals surface area contributed by atoms with Crippen molar-refractivity contribution in [3.05, 3.63) is 11.8 Å². The molecule has 76 valence electrons. The summed E-state index contributed by atoms with van der Waals surface area (Å²) in [6, 6.07) is 0.406. The molecule has 1 aliphatic rings. The molecular weight excluding hydrogens is 178 g/mol. The molecule has 0 unspecified atom stereocenters. The number of hydrogen-bond donors (Lipinski definition) is 1. The molecule has 4 nitrogen and oxygen atoms in total. The van der Waals surface area contributed by atoms with E-state index in [1.165, 1.54) is 19.8 Å². The fourth-order valence-electron chi connectivity index (χ4n) is 2.08. The average Bonchev–Trinajstić information content (AvgIpc) is 2.71. The molecule has 0 saturated heterocycles. The summed E-state index contributed by atoms with van der Waals surface area (Å²) in [5.74, 6) is 0.524. The zero-order valence-corrected chi connectivity index (χ0v) is 8.36. The van der Waals surface area contributed by atoms with Crippen LogP contribution in [0.4, 0.5) is 5.82 Å². The van der Waals surface area contributed by atoms with Crippen molar-refractivity contribution in [2.24, 2.45) is 0 Å². The summed E-state index contributed by atoms with van der Waals surface area (Å²) < 4.78 is 1.81. The highest BCUT2D eigenvalue weighted by Crippen LogP contribution is 2.31. The molecule has 2 rings (SSSR count). The molecule has 1 heterocycles. The maximum absolute atomic E-state index is 11.2. The molecule has 0 bridgehead atoms. The van der Waals surface area contributed by atoms with Gasteiger partial charge in [0.15, 0.2) is 5.78 Å². The molecule has 1 aliphatic carbocycles. The molecule has 2 N–H and O–H groups in total. The van der Waals surface area contributed by atoms with Crippen molar-refractivity contribution in [3.63, 3.8) is 0 Å². The molecule has 1 aromatic heterocycles. The highest BCUT2D eigenvalue weighted by Gasteiger charge is 2.21. The molecule has 0 spiro atoms. The van der Waals surface area contributed by atoms with Crippen LogP contribution in [0, 0.1) is 0 Å². The van der Waals surface area contributed by atoms with E-state index in [-0.39, 0.29) is 5.78 Å². The van der Waals surface area contributed by atoms with Crippen molar-refractivity contribution in [1.29, 1.82) is 0 Å². The Balaban J connectivity index is 2.30. The summed E-state index contributed by atoms with van der Waals surface area (Å²) in [7, 11) is 0. The van der Waals surface area contributed by atoms with Gasteiger partial charge in [-0.1, -0.05) is 12.8 Å². The monoisotopic (exact) mass is 193 g/mol. The van der Waals surface area contributed by atoms with E-state index in [4.69, 9.17) is 5.73 Å². The lowest BCUT2D eigenvalue weighted by molar-refractivity contribution is 0.101. The van der Waals surface area contributed by atoms with Crippen molar-refractivity contribution in [2.75, 3.05) is 5.73 Å². The normalized spacial score (nSPS) is 17.5. The first-order valence-electron chi connectivity index (χ1n) is 5.04. The second kappa shape index (κ2) is 3.44. The van der Waals surface area contributed by atoms with Crippen molar-refractivity contribution in [3.8, 4) is 0 Å². The van der Waals surface area contributed by atoms with Crippen LogP contribution < -0.4 is 5.73 Å². The van der Waals surface area contributed by atoms with Gasteiger partial charge in [0.05, 0.1) is 17.8 Å². The zero-order valence-electron chi connectivity index (χ0n) is 8.36. The summed E-state index contributed by atoms with van der Waals surface area (Å²) in [5, 5.41) is 4.19. The molecule has 1 aromatic rings. The number of aromatic nitrogens is 2. The SMILES string of the molecule is CC(=O)c1cnn(C2CCCC2)c1N. The smallest absolute Gasteiger partial charge is 0.165 e. The summed E-state index contributed by atoms with van der Waals surface area (Å²) >= 11 is 0. The van der Waals surface area contributed by atoms with Crippen molar-refractivity contribution in [2.45, 2.75) is 38.6 Å². The first-order valence-corrected chi connectivity index (χ1v) is 5.04. The van der Waals surface area contributed by atoms with Crippen molar-refractivity contribution < 1.29 is 4.79 Å². The van der Waals surface area contributed by atoms with Crippen LogP contribution in [0.5, 0.6) is 0 Å². The highest BCUT2D eigenvalue weighted by molar-refractivity contribution is 5.98. The number of rotatable bonds is 2. The van der Waals surface area contributed by atoms with E-state index in [1.807, 2.05) is 4.68 Å². The number of anilines is 1. The molecule has 14 heavy (non-hydrogen) atoms. The van der Waals surface area contributed by atoms with Crippen LogP contribution in [0.2, 0.25) is 0 Å². The molecule has 0 aromatic carbocycles.